The minimum Gasteiger partial charge on any atom is -0.494 e. The Morgan fingerprint density at radius 1 is 1.10 bits per heavy atom. The highest BCUT2D eigenvalue weighted by atomic mass is 32.1. The zero-order valence-electron chi connectivity index (χ0n) is 11.8. The smallest absolute Gasteiger partial charge is 0.168 e. The summed E-state index contributed by atoms with van der Waals surface area (Å²) in [6, 6.07) is 15.3. The van der Waals surface area contributed by atoms with Crippen LogP contribution in [-0.4, -0.2) is 11.7 Å². The van der Waals surface area contributed by atoms with Crippen LogP contribution in [-0.2, 0) is 6.61 Å². The Balaban J connectivity index is 1.94. The van der Waals surface area contributed by atoms with Crippen LogP contribution in [0.5, 0.6) is 11.5 Å². The maximum absolute atomic E-state index is 5.74. The van der Waals surface area contributed by atoms with Gasteiger partial charge in [0.15, 0.2) is 5.11 Å². The van der Waals surface area contributed by atoms with Crippen LogP contribution < -0.4 is 20.5 Å². The lowest BCUT2D eigenvalue weighted by molar-refractivity contribution is 0.304. The molecule has 0 unspecified atom stereocenters. The summed E-state index contributed by atoms with van der Waals surface area (Å²) >= 11 is 4.82. The van der Waals surface area contributed by atoms with E-state index in [1.807, 2.05) is 55.5 Å². The van der Waals surface area contributed by atoms with E-state index in [-0.39, 0.29) is 5.11 Å². The Bertz CT molecular complexity index is 599. The van der Waals surface area contributed by atoms with Crippen LogP contribution in [0.25, 0.3) is 0 Å². The third-order valence-electron chi connectivity index (χ3n) is 2.73. The fraction of sp³-hybridized carbons (Fsp3) is 0.188. The van der Waals surface area contributed by atoms with Gasteiger partial charge in [0.25, 0.3) is 0 Å². The van der Waals surface area contributed by atoms with Crippen LogP contribution in [0.2, 0.25) is 0 Å². The second kappa shape index (κ2) is 7.50. The zero-order chi connectivity index (χ0) is 15.1. The van der Waals surface area contributed by atoms with Crippen molar-refractivity contribution in [3.63, 3.8) is 0 Å². The summed E-state index contributed by atoms with van der Waals surface area (Å²) in [6.07, 6.45) is 0. The lowest BCUT2D eigenvalue weighted by Gasteiger charge is -2.09. The van der Waals surface area contributed by atoms with Crippen molar-refractivity contribution in [2.45, 2.75) is 13.5 Å². The lowest BCUT2D eigenvalue weighted by Crippen LogP contribution is -2.18. The zero-order valence-corrected chi connectivity index (χ0v) is 12.7. The van der Waals surface area contributed by atoms with Gasteiger partial charge in [0.2, 0.25) is 0 Å². The van der Waals surface area contributed by atoms with Crippen LogP contribution in [0.15, 0.2) is 48.5 Å². The molecule has 3 N–H and O–H groups in total. The van der Waals surface area contributed by atoms with E-state index in [0.717, 1.165) is 22.7 Å². The van der Waals surface area contributed by atoms with Crippen LogP contribution in [0.1, 0.15) is 12.5 Å². The van der Waals surface area contributed by atoms with Gasteiger partial charge < -0.3 is 20.5 Å². The molecule has 0 atom stereocenters. The first-order valence-electron chi connectivity index (χ1n) is 6.68. The maximum atomic E-state index is 5.74. The molecule has 0 spiro atoms. The normalized spacial score (nSPS) is 9.95. The van der Waals surface area contributed by atoms with E-state index in [9.17, 15) is 0 Å². The Morgan fingerprint density at radius 3 is 2.38 bits per heavy atom. The highest BCUT2D eigenvalue weighted by molar-refractivity contribution is 7.80. The van der Waals surface area contributed by atoms with Gasteiger partial charge in [0.1, 0.15) is 18.1 Å². The van der Waals surface area contributed by atoms with Crippen LogP contribution >= 0.6 is 12.2 Å². The molecule has 21 heavy (non-hydrogen) atoms. The average Bonchev–Trinajstić information content (AvgIpc) is 2.47. The number of rotatable bonds is 6. The summed E-state index contributed by atoms with van der Waals surface area (Å²) in [5.41, 5.74) is 7.34. The highest BCUT2D eigenvalue weighted by Crippen LogP contribution is 2.19. The van der Waals surface area contributed by atoms with Gasteiger partial charge in [-0.3, -0.25) is 0 Å². The highest BCUT2D eigenvalue weighted by Gasteiger charge is 2.00. The summed E-state index contributed by atoms with van der Waals surface area (Å²) in [5.74, 6) is 1.64. The molecule has 2 aromatic rings. The molecule has 0 radical (unpaired) electrons. The van der Waals surface area contributed by atoms with Crippen molar-refractivity contribution >= 4 is 23.0 Å². The SMILES string of the molecule is CCOc1ccc(OCc2cccc(NC(N)=S)c2)cc1. The monoisotopic (exact) mass is 302 g/mol. The topological polar surface area (TPSA) is 56.5 Å². The van der Waals surface area contributed by atoms with Gasteiger partial charge in [-0.05, 0) is 61.1 Å². The first kappa shape index (κ1) is 15.1. The van der Waals surface area contributed by atoms with Gasteiger partial charge in [-0.15, -0.1) is 0 Å². The molecule has 0 aliphatic heterocycles. The van der Waals surface area contributed by atoms with Gasteiger partial charge >= 0.3 is 0 Å². The number of nitrogens with two attached hydrogens (primary N) is 1. The molecule has 0 bridgehead atoms. The van der Waals surface area contributed by atoms with E-state index in [0.29, 0.717) is 13.2 Å². The van der Waals surface area contributed by atoms with Crippen LogP contribution in [0, 0.1) is 0 Å². The van der Waals surface area contributed by atoms with Gasteiger partial charge in [-0.1, -0.05) is 12.1 Å². The number of thiocarbonyl (C=S) groups is 1. The molecule has 0 amide bonds. The molecule has 4 nitrogen and oxygen atoms in total. The Kier molecular flexibility index (Phi) is 5.40. The largest absolute Gasteiger partial charge is 0.494 e. The second-order valence-corrected chi connectivity index (χ2v) is 4.82. The maximum Gasteiger partial charge on any atom is 0.168 e. The molecule has 0 aromatic heterocycles. The van der Waals surface area contributed by atoms with Gasteiger partial charge in [0.05, 0.1) is 6.61 Å². The Labute approximate surface area is 129 Å². The minimum atomic E-state index is 0.250. The quantitative estimate of drug-likeness (QED) is 0.802. The molecule has 5 heteroatoms. The number of hydrogen-bond donors (Lipinski definition) is 2. The Hall–Kier alpha value is -2.27. The van der Waals surface area contributed by atoms with E-state index < -0.39 is 0 Å². The van der Waals surface area contributed by atoms with E-state index in [1.165, 1.54) is 0 Å². The van der Waals surface area contributed by atoms with Crippen molar-refractivity contribution in [2.24, 2.45) is 5.73 Å². The molecule has 0 aliphatic rings. The second-order valence-electron chi connectivity index (χ2n) is 4.38. The number of nitrogens with one attached hydrogen (secondary N) is 1. The fourth-order valence-electron chi connectivity index (χ4n) is 1.85. The Morgan fingerprint density at radius 2 is 1.76 bits per heavy atom. The molecule has 2 rings (SSSR count). The summed E-state index contributed by atoms with van der Waals surface area (Å²) in [4.78, 5) is 0. The standard InChI is InChI=1S/C16H18N2O2S/c1-2-19-14-6-8-15(9-7-14)20-11-12-4-3-5-13(10-12)18-16(17)21/h3-10H,2,11H2,1H3,(H3,17,18,21). The molecular formula is C16H18N2O2S. The van der Waals surface area contributed by atoms with Crippen molar-refractivity contribution in [1.82, 2.24) is 0 Å². The van der Waals surface area contributed by atoms with E-state index in [2.05, 4.69) is 5.32 Å². The fourth-order valence-corrected chi connectivity index (χ4v) is 1.96. The summed E-state index contributed by atoms with van der Waals surface area (Å²) in [6.45, 7) is 3.09. The predicted octanol–water partition coefficient (Wildman–Crippen LogP) is 3.32. The van der Waals surface area contributed by atoms with Crippen molar-refractivity contribution in [1.29, 1.82) is 0 Å². The van der Waals surface area contributed by atoms with E-state index in [4.69, 9.17) is 27.4 Å². The summed E-state index contributed by atoms with van der Waals surface area (Å²) in [5, 5.41) is 3.15. The van der Waals surface area contributed by atoms with E-state index in [1.54, 1.807) is 0 Å². The van der Waals surface area contributed by atoms with Gasteiger partial charge in [-0.2, -0.15) is 0 Å². The molecule has 0 saturated heterocycles. The molecule has 2 aromatic carbocycles. The predicted molar refractivity (Wildman–Crippen MR) is 88.8 cm³/mol. The first-order chi connectivity index (χ1) is 10.2. The van der Waals surface area contributed by atoms with Gasteiger partial charge in [-0.25, -0.2) is 0 Å². The third kappa shape index (κ3) is 4.96. The number of anilines is 1. The minimum absolute atomic E-state index is 0.250. The average molecular weight is 302 g/mol. The number of benzene rings is 2. The molecule has 110 valence electrons. The van der Waals surface area contributed by atoms with Crippen molar-refractivity contribution in [3.05, 3.63) is 54.1 Å². The molecule has 0 heterocycles. The first-order valence-corrected chi connectivity index (χ1v) is 7.09. The molecule has 0 aliphatic carbocycles. The summed E-state index contributed by atoms with van der Waals surface area (Å²) < 4.78 is 11.1. The van der Waals surface area contributed by atoms with Crippen molar-refractivity contribution < 1.29 is 9.47 Å². The molecule has 0 fully saturated rings. The van der Waals surface area contributed by atoms with Crippen molar-refractivity contribution in [3.8, 4) is 11.5 Å². The van der Waals surface area contributed by atoms with Crippen molar-refractivity contribution in [2.75, 3.05) is 11.9 Å². The molecular weight excluding hydrogens is 284 g/mol. The van der Waals surface area contributed by atoms with E-state index >= 15 is 0 Å². The lowest BCUT2D eigenvalue weighted by atomic mass is 10.2. The number of ether oxygens (including phenoxy) is 2. The third-order valence-corrected chi connectivity index (χ3v) is 2.84. The molecule has 0 saturated carbocycles. The van der Waals surface area contributed by atoms with Crippen LogP contribution in [0.4, 0.5) is 5.69 Å². The summed E-state index contributed by atoms with van der Waals surface area (Å²) in [7, 11) is 0. The van der Waals surface area contributed by atoms with Crippen LogP contribution in [0.3, 0.4) is 0 Å². The van der Waals surface area contributed by atoms with Gasteiger partial charge in [0, 0.05) is 5.69 Å². The number of hydrogen-bond acceptors (Lipinski definition) is 3.